The number of amides is 1. The van der Waals surface area contributed by atoms with Gasteiger partial charge in [0, 0.05) is 16.6 Å². The van der Waals surface area contributed by atoms with E-state index >= 15 is 0 Å². The third-order valence-corrected chi connectivity index (χ3v) is 7.46. The minimum atomic E-state index is -3.98. The minimum Gasteiger partial charge on any atom is -0.272 e. The molecule has 0 aliphatic heterocycles. The number of hydrogen-bond acceptors (Lipinski definition) is 4. The molecule has 0 aliphatic carbocycles. The van der Waals surface area contributed by atoms with E-state index in [1.54, 1.807) is 30.3 Å². The van der Waals surface area contributed by atoms with Gasteiger partial charge in [0.05, 0.1) is 17.7 Å². The predicted octanol–water partition coefficient (Wildman–Crippen LogP) is 5.46. The first kappa shape index (κ1) is 25.9. The molecule has 6 nitrogen and oxygen atoms in total. The Morgan fingerprint density at radius 2 is 1.71 bits per heavy atom. The summed E-state index contributed by atoms with van der Waals surface area (Å²) in [4.78, 5) is 12.7. The fraction of sp³-hybridized carbons (Fsp3) is 0.200. The summed E-state index contributed by atoms with van der Waals surface area (Å²) < 4.78 is 27.6. The molecule has 0 saturated carbocycles. The number of nitrogens with one attached hydrogen (secondary N) is 1. The molecule has 0 unspecified atom stereocenters. The van der Waals surface area contributed by atoms with Gasteiger partial charge in [-0.15, -0.1) is 0 Å². The molecule has 178 valence electrons. The van der Waals surface area contributed by atoms with Gasteiger partial charge < -0.3 is 0 Å². The van der Waals surface area contributed by atoms with E-state index in [1.165, 1.54) is 30.0 Å². The molecule has 0 radical (unpaired) electrons. The Balaban J connectivity index is 1.77. The summed E-state index contributed by atoms with van der Waals surface area (Å²) >= 11 is 12.2. The van der Waals surface area contributed by atoms with Crippen LogP contribution in [0.1, 0.15) is 36.5 Å². The van der Waals surface area contributed by atoms with Gasteiger partial charge in [-0.1, -0.05) is 85.6 Å². The van der Waals surface area contributed by atoms with Crippen LogP contribution in [-0.2, 0) is 21.4 Å². The lowest BCUT2D eigenvalue weighted by molar-refractivity contribution is -0.121. The van der Waals surface area contributed by atoms with Gasteiger partial charge in [-0.2, -0.15) is 9.41 Å². The quantitative estimate of drug-likeness (QED) is 0.302. The SMILES string of the molecule is CC(C)c1ccc(C=NNC(=O)CN(Cc2ccc(Cl)cc2Cl)S(=O)(=O)c2ccccc2)cc1. The summed E-state index contributed by atoms with van der Waals surface area (Å²) in [6, 6.07) is 20.5. The van der Waals surface area contributed by atoms with Crippen LogP contribution >= 0.6 is 23.2 Å². The molecule has 0 heterocycles. The topological polar surface area (TPSA) is 78.8 Å². The van der Waals surface area contributed by atoms with Gasteiger partial charge in [0.1, 0.15) is 0 Å². The van der Waals surface area contributed by atoms with E-state index < -0.39 is 22.5 Å². The number of carbonyl (C=O) groups is 1. The van der Waals surface area contributed by atoms with Gasteiger partial charge in [-0.3, -0.25) is 4.79 Å². The van der Waals surface area contributed by atoms with Crippen LogP contribution in [0.4, 0.5) is 0 Å². The van der Waals surface area contributed by atoms with Crippen LogP contribution in [0.2, 0.25) is 10.0 Å². The Labute approximate surface area is 210 Å². The van der Waals surface area contributed by atoms with Crippen molar-refractivity contribution < 1.29 is 13.2 Å². The van der Waals surface area contributed by atoms with Crippen molar-refractivity contribution in [2.24, 2.45) is 5.10 Å². The lowest BCUT2D eigenvalue weighted by Crippen LogP contribution is -2.39. The third-order valence-electron chi connectivity index (χ3n) is 5.07. The summed E-state index contributed by atoms with van der Waals surface area (Å²) in [6.45, 7) is 3.66. The molecule has 0 spiro atoms. The molecule has 0 saturated heterocycles. The first-order valence-corrected chi connectivity index (χ1v) is 12.8. The van der Waals surface area contributed by atoms with E-state index in [9.17, 15) is 13.2 Å². The number of rotatable bonds is 9. The zero-order valence-corrected chi connectivity index (χ0v) is 21.1. The summed E-state index contributed by atoms with van der Waals surface area (Å²) in [5.41, 5.74) is 4.93. The maximum Gasteiger partial charge on any atom is 0.255 e. The molecule has 3 aromatic carbocycles. The van der Waals surface area contributed by atoms with Crippen molar-refractivity contribution >= 4 is 45.3 Å². The maximum atomic E-state index is 13.3. The van der Waals surface area contributed by atoms with E-state index in [0.29, 0.717) is 21.5 Å². The highest BCUT2D eigenvalue weighted by Crippen LogP contribution is 2.25. The highest BCUT2D eigenvalue weighted by atomic mass is 35.5. The number of hydrogen-bond donors (Lipinski definition) is 1. The van der Waals surface area contributed by atoms with E-state index in [2.05, 4.69) is 24.4 Å². The van der Waals surface area contributed by atoms with Crippen molar-refractivity contribution in [1.82, 2.24) is 9.73 Å². The van der Waals surface area contributed by atoms with Gasteiger partial charge in [0.15, 0.2) is 0 Å². The number of sulfonamides is 1. The summed E-state index contributed by atoms with van der Waals surface area (Å²) in [7, 11) is -3.98. The molecule has 1 N–H and O–H groups in total. The van der Waals surface area contributed by atoms with Crippen LogP contribution < -0.4 is 5.43 Å². The van der Waals surface area contributed by atoms with Crippen LogP contribution in [0.25, 0.3) is 0 Å². The number of halogens is 2. The molecule has 0 aromatic heterocycles. The fourth-order valence-electron chi connectivity index (χ4n) is 3.15. The van der Waals surface area contributed by atoms with E-state index in [-0.39, 0.29) is 11.4 Å². The van der Waals surface area contributed by atoms with Gasteiger partial charge >= 0.3 is 0 Å². The second-order valence-electron chi connectivity index (χ2n) is 7.94. The molecule has 9 heteroatoms. The van der Waals surface area contributed by atoms with E-state index in [0.717, 1.165) is 9.87 Å². The van der Waals surface area contributed by atoms with Crippen molar-refractivity contribution in [3.8, 4) is 0 Å². The zero-order valence-electron chi connectivity index (χ0n) is 18.8. The molecule has 0 bridgehead atoms. The summed E-state index contributed by atoms with van der Waals surface area (Å²) in [6.07, 6.45) is 1.51. The largest absolute Gasteiger partial charge is 0.272 e. The van der Waals surface area contributed by atoms with Crippen molar-refractivity contribution in [2.45, 2.75) is 31.2 Å². The second kappa shape index (κ2) is 11.6. The standard InChI is InChI=1S/C25H25Cl2N3O3S/c1-18(2)20-10-8-19(9-11-20)15-28-29-25(31)17-30(16-21-12-13-22(26)14-24(21)27)34(32,33)23-6-4-3-5-7-23/h3-15,18H,16-17H2,1-2H3,(H,29,31). The molecule has 1 amide bonds. The Morgan fingerprint density at radius 1 is 1.03 bits per heavy atom. The van der Waals surface area contributed by atoms with Crippen LogP contribution in [-0.4, -0.2) is 31.4 Å². The predicted molar refractivity (Wildman–Crippen MR) is 137 cm³/mol. The number of benzene rings is 3. The Bertz CT molecular complexity index is 1260. The zero-order chi connectivity index (χ0) is 24.7. The molecule has 34 heavy (non-hydrogen) atoms. The molecular weight excluding hydrogens is 493 g/mol. The fourth-order valence-corrected chi connectivity index (χ4v) is 5.01. The van der Waals surface area contributed by atoms with Crippen LogP contribution in [0.5, 0.6) is 0 Å². The lowest BCUT2D eigenvalue weighted by Gasteiger charge is -2.22. The number of nitrogens with zero attached hydrogens (tertiary/aromatic N) is 2. The van der Waals surface area contributed by atoms with Crippen LogP contribution in [0.3, 0.4) is 0 Å². The summed E-state index contributed by atoms with van der Waals surface area (Å²) in [5, 5.41) is 4.71. The average Bonchev–Trinajstić information content (AvgIpc) is 2.81. The smallest absolute Gasteiger partial charge is 0.255 e. The lowest BCUT2D eigenvalue weighted by atomic mass is 10.0. The van der Waals surface area contributed by atoms with Crippen molar-refractivity contribution in [3.05, 3.63) is 99.5 Å². The minimum absolute atomic E-state index is 0.0710. The molecule has 3 aromatic rings. The maximum absolute atomic E-state index is 13.3. The molecule has 0 atom stereocenters. The molecule has 0 aliphatic rings. The third kappa shape index (κ3) is 6.90. The first-order chi connectivity index (χ1) is 16.2. The molecule has 3 rings (SSSR count). The van der Waals surface area contributed by atoms with Crippen LogP contribution in [0, 0.1) is 0 Å². The first-order valence-electron chi connectivity index (χ1n) is 10.6. The Morgan fingerprint density at radius 3 is 2.32 bits per heavy atom. The number of hydrazone groups is 1. The van der Waals surface area contributed by atoms with Crippen molar-refractivity contribution in [2.75, 3.05) is 6.54 Å². The second-order valence-corrected chi connectivity index (χ2v) is 10.7. The number of carbonyl (C=O) groups excluding carboxylic acids is 1. The van der Waals surface area contributed by atoms with E-state index in [1.807, 2.05) is 24.3 Å². The van der Waals surface area contributed by atoms with E-state index in [4.69, 9.17) is 23.2 Å². The summed E-state index contributed by atoms with van der Waals surface area (Å²) in [5.74, 6) is -0.169. The Kier molecular flexibility index (Phi) is 8.85. The van der Waals surface area contributed by atoms with Crippen LogP contribution in [0.15, 0.2) is 82.8 Å². The van der Waals surface area contributed by atoms with Gasteiger partial charge in [0.2, 0.25) is 10.0 Å². The molecular formula is C25H25Cl2N3O3S. The van der Waals surface area contributed by atoms with Gasteiger partial charge in [-0.25, -0.2) is 13.8 Å². The monoisotopic (exact) mass is 517 g/mol. The average molecular weight is 518 g/mol. The highest BCUT2D eigenvalue weighted by Gasteiger charge is 2.27. The highest BCUT2D eigenvalue weighted by molar-refractivity contribution is 7.89. The van der Waals surface area contributed by atoms with Gasteiger partial charge in [0.25, 0.3) is 5.91 Å². The van der Waals surface area contributed by atoms with Gasteiger partial charge in [-0.05, 0) is 46.9 Å². The van der Waals surface area contributed by atoms with Crippen molar-refractivity contribution in [3.63, 3.8) is 0 Å². The normalized spacial score (nSPS) is 11.9. The van der Waals surface area contributed by atoms with Crippen molar-refractivity contribution in [1.29, 1.82) is 0 Å². The Hall–Kier alpha value is -2.71. The molecule has 0 fully saturated rings.